The highest BCUT2D eigenvalue weighted by Gasteiger charge is 2.15. The lowest BCUT2D eigenvalue weighted by Crippen LogP contribution is -2.30. The molecule has 1 heterocycles. The van der Waals surface area contributed by atoms with Crippen LogP contribution in [0.2, 0.25) is 0 Å². The Kier molecular flexibility index (Phi) is 2.62. The minimum Gasteiger partial charge on any atom is -0.508 e. The van der Waals surface area contributed by atoms with E-state index in [0.717, 1.165) is 25.9 Å². The van der Waals surface area contributed by atoms with Gasteiger partial charge in [-0.2, -0.15) is 0 Å². The zero-order valence-corrected chi connectivity index (χ0v) is 8.86. The van der Waals surface area contributed by atoms with Gasteiger partial charge in [-0.1, -0.05) is 6.07 Å². The van der Waals surface area contributed by atoms with Crippen LogP contribution < -0.4 is 0 Å². The number of fused-ring (bicyclic) bond motifs is 1. The second kappa shape index (κ2) is 3.93. The predicted molar refractivity (Wildman–Crippen MR) is 57.8 cm³/mol. The van der Waals surface area contributed by atoms with E-state index in [2.05, 4.69) is 0 Å². The number of carbonyl (C=O) groups excluding carboxylic acids is 1. The average molecular weight is 205 g/mol. The van der Waals surface area contributed by atoms with Crippen LogP contribution in [-0.2, 0) is 17.6 Å². The molecule has 0 saturated carbocycles. The highest BCUT2D eigenvalue weighted by atomic mass is 16.3. The van der Waals surface area contributed by atoms with E-state index < -0.39 is 0 Å². The highest BCUT2D eigenvalue weighted by molar-refractivity contribution is 5.73. The number of benzene rings is 1. The van der Waals surface area contributed by atoms with Crippen molar-refractivity contribution in [1.29, 1.82) is 0 Å². The molecule has 1 N–H and O–H groups in total. The number of aromatic hydroxyl groups is 1. The van der Waals surface area contributed by atoms with Crippen molar-refractivity contribution in [1.82, 2.24) is 4.90 Å². The predicted octanol–water partition coefficient (Wildman–Crippen LogP) is 1.34. The first-order chi connectivity index (χ1) is 7.16. The Bertz CT molecular complexity index is 387. The van der Waals surface area contributed by atoms with E-state index in [-0.39, 0.29) is 5.91 Å². The van der Waals surface area contributed by atoms with Crippen molar-refractivity contribution in [3.05, 3.63) is 29.3 Å². The number of rotatable bonds is 0. The first-order valence-electron chi connectivity index (χ1n) is 5.23. The van der Waals surface area contributed by atoms with Gasteiger partial charge in [-0.05, 0) is 36.1 Å². The summed E-state index contributed by atoms with van der Waals surface area (Å²) < 4.78 is 0. The van der Waals surface area contributed by atoms with Crippen molar-refractivity contribution in [3.63, 3.8) is 0 Å². The quantitative estimate of drug-likeness (QED) is 0.694. The molecule has 0 radical (unpaired) electrons. The smallest absolute Gasteiger partial charge is 0.219 e. The van der Waals surface area contributed by atoms with Crippen molar-refractivity contribution >= 4 is 5.91 Å². The second-order valence-electron chi connectivity index (χ2n) is 3.96. The van der Waals surface area contributed by atoms with E-state index >= 15 is 0 Å². The number of phenolic OH excluding ortho intramolecular Hbond substituents is 1. The van der Waals surface area contributed by atoms with Crippen molar-refractivity contribution in [2.45, 2.75) is 19.8 Å². The third-order valence-corrected chi connectivity index (χ3v) is 2.94. The second-order valence-corrected chi connectivity index (χ2v) is 3.96. The third kappa shape index (κ3) is 2.12. The van der Waals surface area contributed by atoms with Gasteiger partial charge in [-0.25, -0.2) is 0 Å². The fraction of sp³-hybridized carbons (Fsp3) is 0.417. The molecular formula is C12H15NO2. The van der Waals surface area contributed by atoms with Crippen LogP contribution in [0.4, 0.5) is 0 Å². The van der Waals surface area contributed by atoms with Crippen molar-refractivity contribution in [3.8, 4) is 5.75 Å². The van der Waals surface area contributed by atoms with Crippen LogP contribution in [0.1, 0.15) is 18.1 Å². The maximum atomic E-state index is 11.2. The molecule has 1 aromatic carbocycles. The monoisotopic (exact) mass is 205 g/mol. The van der Waals surface area contributed by atoms with Gasteiger partial charge in [-0.15, -0.1) is 0 Å². The number of hydrogen-bond acceptors (Lipinski definition) is 2. The van der Waals surface area contributed by atoms with Crippen LogP contribution in [-0.4, -0.2) is 29.0 Å². The normalized spacial score (nSPS) is 15.7. The van der Waals surface area contributed by atoms with Gasteiger partial charge in [0.25, 0.3) is 0 Å². The molecule has 0 spiro atoms. The maximum absolute atomic E-state index is 11.2. The summed E-state index contributed by atoms with van der Waals surface area (Å²) in [5, 5.41) is 9.37. The van der Waals surface area contributed by atoms with Gasteiger partial charge in [-0.3, -0.25) is 4.79 Å². The average Bonchev–Trinajstić information content (AvgIpc) is 2.39. The molecule has 3 nitrogen and oxygen atoms in total. The maximum Gasteiger partial charge on any atom is 0.219 e. The molecule has 15 heavy (non-hydrogen) atoms. The summed E-state index contributed by atoms with van der Waals surface area (Å²) in [6.45, 7) is 3.15. The summed E-state index contributed by atoms with van der Waals surface area (Å²) in [4.78, 5) is 13.1. The van der Waals surface area contributed by atoms with Crippen LogP contribution in [0.15, 0.2) is 18.2 Å². The van der Waals surface area contributed by atoms with Crippen LogP contribution in [0.25, 0.3) is 0 Å². The number of phenols is 1. The van der Waals surface area contributed by atoms with Crippen molar-refractivity contribution < 1.29 is 9.90 Å². The molecule has 0 bridgehead atoms. The Morgan fingerprint density at radius 3 is 2.60 bits per heavy atom. The summed E-state index contributed by atoms with van der Waals surface area (Å²) >= 11 is 0. The molecule has 2 rings (SSSR count). The molecule has 1 aliphatic heterocycles. The van der Waals surface area contributed by atoms with E-state index in [1.54, 1.807) is 19.1 Å². The molecule has 1 aliphatic rings. The van der Waals surface area contributed by atoms with E-state index in [1.807, 2.05) is 11.0 Å². The summed E-state index contributed by atoms with van der Waals surface area (Å²) in [5.41, 5.74) is 2.41. The summed E-state index contributed by atoms with van der Waals surface area (Å²) in [5.74, 6) is 0.442. The summed E-state index contributed by atoms with van der Waals surface area (Å²) in [6, 6.07) is 5.47. The third-order valence-electron chi connectivity index (χ3n) is 2.94. The molecule has 0 aliphatic carbocycles. The molecule has 0 unspecified atom stereocenters. The van der Waals surface area contributed by atoms with Crippen LogP contribution in [0.5, 0.6) is 5.75 Å². The van der Waals surface area contributed by atoms with Gasteiger partial charge in [0.2, 0.25) is 5.91 Å². The van der Waals surface area contributed by atoms with E-state index in [4.69, 9.17) is 0 Å². The molecule has 1 amide bonds. The SMILES string of the molecule is CC(=O)N1CCc2ccc(O)cc2CC1. The first-order valence-corrected chi connectivity index (χ1v) is 5.23. The standard InChI is InChI=1S/C12H15NO2/c1-9(14)13-6-4-10-2-3-12(15)8-11(10)5-7-13/h2-3,8,15H,4-7H2,1H3. The van der Waals surface area contributed by atoms with Gasteiger partial charge in [0, 0.05) is 20.0 Å². The van der Waals surface area contributed by atoms with E-state index in [1.165, 1.54) is 11.1 Å². The van der Waals surface area contributed by atoms with Gasteiger partial charge < -0.3 is 10.0 Å². The number of carbonyl (C=O) groups is 1. The number of nitrogens with zero attached hydrogens (tertiary/aromatic N) is 1. The molecule has 0 atom stereocenters. The number of hydrogen-bond donors (Lipinski definition) is 1. The minimum atomic E-state index is 0.132. The lowest BCUT2D eigenvalue weighted by Gasteiger charge is -2.17. The summed E-state index contributed by atoms with van der Waals surface area (Å²) in [7, 11) is 0. The molecular weight excluding hydrogens is 190 g/mol. The Morgan fingerprint density at radius 2 is 1.93 bits per heavy atom. The Balaban J connectivity index is 2.21. The molecule has 0 saturated heterocycles. The van der Waals surface area contributed by atoms with Crippen LogP contribution in [0.3, 0.4) is 0 Å². The van der Waals surface area contributed by atoms with Crippen molar-refractivity contribution in [2.75, 3.05) is 13.1 Å². The lowest BCUT2D eigenvalue weighted by atomic mass is 10.0. The van der Waals surface area contributed by atoms with Crippen LogP contribution >= 0.6 is 0 Å². The fourth-order valence-electron chi connectivity index (χ4n) is 2.03. The molecule has 1 aromatic rings. The topological polar surface area (TPSA) is 40.5 Å². The van der Waals surface area contributed by atoms with Gasteiger partial charge >= 0.3 is 0 Å². The van der Waals surface area contributed by atoms with E-state index in [9.17, 15) is 9.90 Å². The molecule has 0 aromatic heterocycles. The Morgan fingerprint density at radius 1 is 1.27 bits per heavy atom. The van der Waals surface area contributed by atoms with Gasteiger partial charge in [0.1, 0.15) is 5.75 Å². The van der Waals surface area contributed by atoms with Gasteiger partial charge in [0.15, 0.2) is 0 Å². The lowest BCUT2D eigenvalue weighted by molar-refractivity contribution is -0.128. The zero-order valence-electron chi connectivity index (χ0n) is 8.86. The Hall–Kier alpha value is -1.51. The largest absolute Gasteiger partial charge is 0.508 e. The molecule has 3 heteroatoms. The van der Waals surface area contributed by atoms with Crippen LogP contribution in [0, 0.1) is 0 Å². The van der Waals surface area contributed by atoms with Crippen molar-refractivity contribution in [2.24, 2.45) is 0 Å². The molecule has 80 valence electrons. The zero-order chi connectivity index (χ0) is 10.8. The number of amides is 1. The first kappa shape index (κ1) is 10.0. The highest BCUT2D eigenvalue weighted by Crippen LogP contribution is 2.20. The van der Waals surface area contributed by atoms with E-state index in [0.29, 0.717) is 5.75 Å². The summed E-state index contributed by atoms with van der Waals surface area (Å²) in [6.07, 6.45) is 1.72. The Labute approximate surface area is 89.3 Å². The minimum absolute atomic E-state index is 0.132. The van der Waals surface area contributed by atoms with Gasteiger partial charge in [0.05, 0.1) is 0 Å². The fourth-order valence-corrected chi connectivity index (χ4v) is 2.03. The molecule has 0 fully saturated rings.